The van der Waals surface area contributed by atoms with Crippen LogP contribution in [0, 0.1) is 6.92 Å². The summed E-state index contributed by atoms with van der Waals surface area (Å²) in [4.78, 5) is 24.6. The molecule has 1 N–H and O–H groups in total. The molecule has 8 nitrogen and oxygen atoms in total. The summed E-state index contributed by atoms with van der Waals surface area (Å²) in [5.74, 6) is 1.39. The zero-order valence-electron chi connectivity index (χ0n) is 16.6. The van der Waals surface area contributed by atoms with Crippen LogP contribution in [0.25, 0.3) is 10.2 Å². The zero-order valence-corrected chi connectivity index (χ0v) is 17.4. The summed E-state index contributed by atoms with van der Waals surface area (Å²) in [6, 6.07) is 8.20. The number of hydroxylamine groups is 1. The SMILES string of the molecule is Cc1nc(CN(Cc2nc3ccccc3s2)C2=NC3(CCN(C)CC3)ON2)co1. The molecule has 0 radical (unpaired) electrons. The monoisotopic (exact) mass is 412 g/mol. The Morgan fingerprint density at radius 1 is 1.21 bits per heavy atom. The lowest BCUT2D eigenvalue weighted by Gasteiger charge is -2.33. The molecule has 0 aliphatic carbocycles. The van der Waals surface area contributed by atoms with Gasteiger partial charge in [0.25, 0.3) is 0 Å². The van der Waals surface area contributed by atoms with Gasteiger partial charge >= 0.3 is 0 Å². The van der Waals surface area contributed by atoms with Crippen molar-refractivity contribution in [2.75, 3.05) is 20.1 Å². The summed E-state index contributed by atoms with van der Waals surface area (Å²) < 4.78 is 6.58. The smallest absolute Gasteiger partial charge is 0.222 e. The summed E-state index contributed by atoms with van der Waals surface area (Å²) in [6.07, 6.45) is 3.44. The first kappa shape index (κ1) is 18.5. The third kappa shape index (κ3) is 3.85. The fourth-order valence-electron chi connectivity index (χ4n) is 3.73. The number of fused-ring (bicyclic) bond motifs is 1. The van der Waals surface area contributed by atoms with Gasteiger partial charge in [0.1, 0.15) is 11.3 Å². The second-order valence-corrected chi connectivity index (χ2v) is 8.79. The van der Waals surface area contributed by atoms with Crippen LogP contribution in [0.3, 0.4) is 0 Å². The van der Waals surface area contributed by atoms with E-state index in [4.69, 9.17) is 19.2 Å². The molecule has 2 aliphatic heterocycles. The van der Waals surface area contributed by atoms with Gasteiger partial charge in [-0.2, -0.15) is 0 Å². The van der Waals surface area contributed by atoms with Gasteiger partial charge in [0, 0.05) is 32.9 Å². The fourth-order valence-corrected chi connectivity index (χ4v) is 4.71. The molecule has 152 valence electrons. The van der Waals surface area contributed by atoms with E-state index < -0.39 is 5.72 Å². The number of nitrogens with zero attached hydrogens (tertiary/aromatic N) is 5. The molecule has 1 aromatic carbocycles. The van der Waals surface area contributed by atoms with Crippen LogP contribution >= 0.6 is 11.3 Å². The highest BCUT2D eigenvalue weighted by Crippen LogP contribution is 2.31. The highest BCUT2D eigenvalue weighted by molar-refractivity contribution is 7.18. The number of oxazole rings is 1. The summed E-state index contributed by atoms with van der Waals surface area (Å²) in [6.45, 7) is 4.98. The maximum Gasteiger partial charge on any atom is 0.222 e. The molecule has 0 unspecified atom stereocenters. The van der Waals surface area contributed by atoms with Crippen LogP contribution in [0.5, 0.6) is 0 Å². The number of rotatable bonds is 4. The van der Waals surface area contributed by atoms with Crippen molar-refractivity contribution < 1.29 is 9.25 Å². The molecule has 5 rings (SSSR count). The average molecular weight is 413 g/mol. The van der Waals surface area contributed by atoms with Crippen molar-refractivity contribution in [2.24, 2.45) is 4.99 Å². The minimum Gasteiger partial charge on any atom is -0.449 e. The van der Waals surface area contributed by atoms with Crippen LogP contribution in [0.15, 0.2) is 39.9 Å². The van der Waals surface area contributed by atoms with Crippen LogP contribution in [-0.2, 0) is 17.9 Å². The Morgan fingerprint density at radius 2 is 2.03 bits per heavy atom. The Bertz CT molecular complexity index is 1000. The number of piperidine rings is 1. The average Bonchev–Trinajstić information content (AvgIpc) is 3.42. The Kier molecular flexibility index (Phi) is 4.73. The van der Waals surface area contributed by atoms with Gasteiger partial charge in [-0.15, -0.1) is 11.3 Å². The van der Waals surface area contributed by atoms with E-state index in [0.717, 1.165) is 48.1 Å². The molecule has 1 saturated heterocycles. The lowest BCUT2D eigenvalue weighted by atomic mass is 10.0. The molecule has 0 atom stereocenters. The number of guanidine groups is 1. The van der Waals surface area contributed by atoms with Crippen LogP contribution in [0.1, 0.15) is 29.4 Å². The lowest BCUT2D eigenvalue weighted by molar-refractivity contribution is -0.0875. The number of hydrogen-bond acceptors (Lipinski definition) is 9. The first-order valence-electron chi connectivity index (χ1n) is 9.81. The molecule has 0 bridgehead atoms. The molecular weight excluding hydrogens is 388 g/mol. The third-order valence-corrected chi connectivity index (χ3v) is 6.41. The summed E-state index contributed by atoms with van der Waals surface area (Å²) in [5.41, 5.74) is 4.49. The minimum atomic E-state index is -0.479. The van der Waals surface area contributed by atoms with E-state index >= 15 is 0 Å². The summed E-state index contributed by atoms with van der Waals surface area (Å²) in [7, 11) is 2.13. The second-order valence-electron chi connectivity index (χ2n) is 7.68. The van der Waals surface area contributed by atoms with Crippen molar-refractivity contribution in [3.8, 4) is 0 Å². The molecule has 3 aromatic rings. The Hall–Kier alpha value is -2.49. The van der Waals surface area contributed by atoms with E-state index in [1.54, 1.807) is 17.6 Å². The van der Waals surface area contributed by atoms with E-state index in [9.17, 15) is 0 Å². The van der Waals surface area contributed by atoms with E-state index in [0.29, 0.717) is 19.0 Å². The van der Waals surface area contributed by atoms with Gasteiger partial charge in [-0.3, -0.25) is 0 Å². The summed E-state index contributed by atoms with van der Waals surface area (Å²) in [5, 5.41) is 1.03. The minimum absolute atomic E-state index is 0.479. The number of aliphatic imine (C=N–C) groups is 1. The van der Waals surface area contributed by atoms with Gasteiger partial charge < -0.3 is 14.2 Å². The van der Waals surface area contributed by atoms with Crippen LogP contribution in [0.2, 0.25) is 0 Å². The van der Waals surface area contributed by atoms with Gasteiger partial charge in [-0.1, -0.05) is 12.1 Å². The quantitative estimate of drug-likeness (QED) is 0.706. The fraction of sp³-hybridized carbons (Fsp3) is 0.450. The van der Waals surface area contributed by atoms with E-state index in [1.807, 2.05) is 25.1 Å². The highest BCUT2D eigenvalue weighted by Gasteiger charge is 2.41. The number of para-hydroxylation sites is 1. The van der Waals surface area contributed by atoms with Crippen LogP contribution < -0.4 is 5.48 Å². The zero-order chi connectivity index (χ0) is 19.8. The molecular formula is C20H24N6O2S. The standard InChI is InChI=1S/C20H24N6O2S/c1-14-21-15(13-27-14)11-26(12-18-22-16-5-3-4-6-17(16)29-18)19-23-20(28-24-19)7-9-25(2)10-8-20/h3-6,13H,7-12H2,1-2H3,(H,23,24). The molecule has 4 heterocycles. The number of likely N-dealkylation sites (tertiary alicyclic amines) is 1. The van der Waals surface area contributed by atoms with Gasteiger partial charge in [-0.25, -0.2) is 25.3 Å². The molecule has 29 heavy (non-hydrogen) atoms. The number of thiazole rings is 1. The van der Waals surface area contributed by atoms with Crippen LogP contribution in [-0.4, -0.2) is 51.6 Å². The van der Waals surface area contributed by atoms with E-state index in [2.05, 4.69) is 33.4 Å². The Morgan fingerprint density at radius 3 is 2.79 bits per heavy atom. The molecule has 1 spiro atoms. The van der Waals surface area contributed by atoms with Crippen molar-refractivity contribution in [3.63, 3.8) is 0 Å². The summed E-state index contributed by atoms with van der Waals surface area (Å²) >= 11 is 1.70. The Balaban J connectivity index is 1.42. The highest BCUT2D eigenvalue weighted by atomic mass is 32.1. The van der Waals surface area contributed by atoms with Crippen molar-refractivity contribution in [1.82, 2.24) is 25.2 Å². The van der Waals surface area contributed by atoms with E-state index in [-0.39, 0.29) is 0 Å². The third-order valence-electron chi connectivity index (χ3n) is 5.39. The van der Waals surface area contributed by atoms with E-state index in [1.165, 1.54) is 4.70 Å². The molecule has 1 fully saturated rings. The van der Waals surface area contributed by atoms with Gasteiger partial charge in [0.05, 0.1) is 29.0 Å². The maximum absolute atomic E-state index is 5.98. The molecule has 2 aromatic heterocycles. The molecule has 2 aliphatic rings. The first-order chi connectivity index (χ1) is 14.1. The van der Waals surface area contributed by atoms with Crippen molar-refractivity contribution >= 4 is 27.5 Å². The Labute approximate surface area is 173 Å². The number of benzene rings is 1. The van der Waals surface area contributed by atoms with Crippen molar-refractivity contribution in [2.45, 2.75) is 38.6 Å². The van der Waals surface area contributed by atoms with Gasteiger partial charge in [0.2, 0.25) is 5.96 Å². The topological polar surface area (TPSA) is 79.0 Å². The number of hydrogen-bond donors (Lipinski definition) is 1. The van der Waals surface area contributed by atoms with Crippen molar-refractivity contribution in [1.29, 1.82) is 0 Å². The normalized spacial score (nSPS) is 18.9. The predicted molar refractivity (Wildman–Crippen MR) is 111 cm³/mol. The molecule has 9 heteroatoms. The predicted octanol–water partition coefficient (Wildman–Crippen LogP) is 2.91. The van der Waals surface area contributed by atoms with Gasteiger partial charge in [-0.05, 0) is 19.2 Å². The molecule has 0 amide bonds. The number of aromatic nitrogens is 2. The maximum atomic E-state index is 5.98. The lowest BCUT2D eigenvalue weighted by Crippen LogP contribution is -2.43. The van der Waals surface area contributed by atoms with Crippen molar-refractivity contribution in [3.05, 3.63) is 47.1 Å². The van der Waals surface area contributed by atoms with Gasteiger partial charge in [0.15, 0.2) is 11.6 Å². The van der Waals surface area contributed by atoms with Crippen LogP contribution in [0.4, 0.5) is 0 Å². The first-order valence-corrected chi connectivity index (χ1v) is 10.6. The molecule has 0 saturated carbocycles. The second kappa shape index (κ2) is 7.40. The number of aryl methyl sites for hydroxylation is 1. The number of nitrogens with one attached hydrogen (secondary N) is 1. The largest absolute Gasteiger partial charge is 0.449 e.